The minimum absolute atomic E-state index is 0.957. The van der Waals surface area contributed by atoms with Gasteiger partial charge >= 0.3 is 0 Å². The molecule has 0 fully saturated rings. The van der Waals surface area contributed by atoms with E-state index in [1.165, 1.54) is 0 Å². The molecule has 14 heavy (non-hydrogen) atoms. The van der Waals surface area contributed by atoms with E-state index in [9.17, 15) is 0 Å². The van der Waals surface area contributed by atoms with E-state index in [1.54, 1.807) is 0 Å². The van der Waals surface area contributed by atoms with Crippen LogP contribution in [-0.4, -0.2) is 0 Å². The van der Waals surface area contributed by atoms with E-state index in [0.717, 1.165) is 24.0 Å². The lowest BCUT2D eigenvalue weighted by Gasteiger charge is -1.82. The SMILES string of the molecule is C(C#CC1=CC=CC1)#CC1=CC=CC1. The Morgan fingerprint density at radius 2 is 1.29 bits per heavy atom. The van der Waals surface area contributed by atoms with Crippen molar-refractivity contribution < 1.29 is 0 Å². The predicted octanol–water partition coefficient (Wildman–Crippen LogP) is 2.77. The maximum Gasteiger partial charge on any atom is 0.00682 e. The van der Waals surface area contributed by atoms with Crippen LogP contribution in [0.5, 0.6) is 0 Å². The molecule has 0 N–H and O–H groups in total. The van der Waals surface area contributed by atoms with Crippen molar-refractivity contribution in [3.63, 3.8) is 0 Å². The molecule has 0 aromatic rings. The number of rotatable bonds is 0. The lowest BCUT2D eigenvalue weighted by Crippen LogP contribution is -1.70. The summed E-state index contributed by atoms with van der Waals surface area (Å²) in [6.07, 6.45) is 14.2. The molecule has 2 aliphatic carbocycles. The van der Waals surface area contributed by atoms with Crippen LogP contribution in [-0.2, 0) is 0 Å². The fourth-order valence-corrected chi connectivity index (χ4v) is 1.30. The fourth-order valence-electron chi connectivity index (χ4n) is 1.30. The molecule has 66 valence electrons. The van der Waals surface area contributed by atoms with Crippen LogP contribution in [0.4, 0.5) is 0 Å². The molecule has 0 atom stereocenters. The molecule has 0 unspecified atom stereocenters. The highest BCUT2D eigenvalue weighted by atomic mass is 14.0. The second kappa shape index (κ2) is 4.35. The van der Waals surface area contributed by atoms with Gasteiger partial charge in [0.15, 0.2) is 0 Å². The molecule has 0 amide bonds. The molecule has 0 saturated carbocycles. The summed E-state index contributed by atoms with van der Waals surface area (Å²) in [7, 11) is 0. The van der Waals surface area contributed by atoms with Crippen LogP contribution in [0.15, 0.2) is 47.6 Å². The Hall–Kier alpha value is -1.92. The molecule has 0 bridgehead atoms. The first-order valence-electron chi connectivity index (χ1n) is 4.68. The van der Waals surface area contributed by atoms with Crippen molar-refractivity contribution in [1.82, 2.24) is 0 Å². The third kappa shape index (κ3) is 2.28. The standard InChI is InChI=1S/C14H10/c1-2-8-13(7-1)11-5-6-12-14-9-3-4-10-14/h1-4,7,9H,8,10H2. The highest BCUT2D eigenvalue weighted by Gasteiger charge is 1.93. The molecule has 0 radical (unpaired) electrons. The normalized spacial score (nSPS) is 16.6. The second-order valence-electron chi connectivity index (χ2n) is 3.15. The van der Waals surface area contributed by atoms with Crippen molar-refractivity contribution in [1.29, 1.82) is 0 Å². The van der Waals surface area contributed by atoms with E-state index < -0.39 is 0 Å². The zero-order chi connectivity index (χ0) is 9.64. The quantitative estimate of drug-likeness (QED) is 0.500. The van der Waals surface area contributed by atoms with E-state index in [1.807, 2.05) is 24.3 Å². The second-order valence-corrected chi connectivity index (χ2v) is 3.15. The first-order chi connectivity index (χ1) is 6.95. The fraction of sp³-hybridized carbons (Fsp3) is 0.143. The monoisotopic (exact) mass is 178 g/mol. The van der Waals surface area contributed by atoms with Gasteiger partial charge in [0.05, 0.1) is 0 Å². The van der Waals surface area contributed by atoms with Crippen molar-refractivity contribution in [3.8, 4) is 23.7 Å². The summed E-state index contributed by atoms with van der Waals surface area (Å²) < 4.78 is 0. The average molecular weight is 178 g/mol. The largest absolute Gasteiger partial charge is 0.0794 e. The smallest absolute Gasteiger partial charge is 0.00682 e. The zero-order valence-electron chi connectivity index (χ0n) is 7.88. The average Bonchev–Trinajstić information content (AvgIpc) is 2.86. The molecule has 0 spiro atoms. The van der Waals surface area contributed by atoms with Gasteiger partial charge in [-0.1, -0.05) is 48.3 Å². The molecule has 0 saturated heterocycles. The van der Waals surface area contributed by atoms with E-state index >= 15 is 0 Å². The summed E-state index contributed by atoms with van der Waals surface area (Å²) in [5.41, 5.74) is 2.30. The Bertz CT molecular complexity index is 414. The molecular weight excluding hydrogens is 168 g/mol. The number of hydrogen-bond acceptors (Lipinski definition) is 0. The van der Waals surface area contributed by atoms with Crippen LogP contribution in [0.1, 0.15) is 12.8 Å². The highest BCUT2D eigenvalue weighted by Crippen LogP contribution is 2.08. The zero-order valence-corrected chi connectivity index (χ0v) is 7.88. The molecule has 2 aliphatic rings. The van der Waals surface area contributed by atoms with Gasteiger partial charge < -0.3 is 0 Å². The Morgan fingerprint density at radius 3 is 1.64 bits per heavy atom. The minimum Gasteiger partial charge on any atom is -0.0794 e. The van der Waals surface area contributed by atoms with E-state index in [2.05, 4.69) is 35.8 Å². The van der Waals surface area contributed by atoms with Crippen molar-refractivity contribution in [3.05, 3.63) is 47.6 Å². The van der Waals surface area contributed by atoms with E-state index in [4.69, 9.17) is 0 Å². The van der Waals surface area contributed by atoms with Gasteiger partial charge in [0.2, 0.25) is 0 Å². The van der Waals surface area contributed by atoms with Crippen molar-refractivity contribution >= 4 is 0 Å². The van der Waals surface area contributed by atoms with Crippen LogP contribution in [0, 0.1) is 23.7 Å². The van der Waals surface area contributed by atoms with Crippen LogP contribution < -0.4 is 0 Å². The predicted molar refractivity (Wildman–Crippen MR) is 59.2 cm³/mol. The summed E-state index contributed by atoms with van der Waals surface area (Å²) >= 11 is 0. The van der Waals surface area contributed by atoms with E-state index in [-0.39, 0.29) is 0 Å². The van der Waals surface area contributed by atoms with Gasteiger partial charge in [-0.15, -0.1) is 0 Å². The third-order valence-electron chi connectivity index (χ3n) is 2.05. The van der Waals surface area contributed by atoms with Gasteiger partial charge in [-0.05, 0) is 24.7 Å². The van der Waals surface area contributed by atoms with Crippen molar-refractivity contribution in [2.75, 3.05) is 0 Å². The molecular formula is C14H10. The van der Waals surface area contributed by atoms with Gasteiger partial charge in [0.1, 0.15) is 0 Å². The molecule has 0 aromatic carbocycles. The van der Waals surface area contributed by atoms with E-state index in [0.29, 0.717) is 0 Å². The Kier molecular flexibility index (Phi) is 2.70. The number of hydrogen-bond donors (Lipinski definition) is 0. The first kappa shape index (κ1) is 8.67. The van der Waals surface area contributed by atoms with Crippen LogP contribution in [0.25, 0.3) is 0 Å². The lowest BCUT2D eigenvalue weighted by atomic mass is 10.2. The molecule has 0 aliphatic heterocycles. The van der Waals surface area contributed by atoms with Crippen molar-refractivity contribution in [2.45, 2.75) is 12.8 Å². The lowest BCUT2D eigenvalue weighted by molar-refractivity contribution is 1.36. The Labute approximate surface area is 84.7 Å². The molecule has 2 rings (SSSR count). The highest BCUT2D eigenvalue weighted by molar-refractivity contribution is 5.46. The maximum absolute atomic E-state index is 3.03. The number of allylic oxidation sites excluding steroid dienone is 8. The van der Waals surface area contributed by atoms with Crippen LogP contribution in [0.2, 0.25) is 0 Å². The van der Waals surface area contributed by atoms with Crippen LogP contribution >= 0.6 is 0 Å². The molecule has 0 heteroatoms. The van der Waals surface area contributed by atoms with Gasteiger partial charge in [0, 0.05) is 11.1 Å². The summed E-state index contributed by atoms with van der Waals surface area (Å²) in [6.45, 7) is 0. The molecule has 0 nitrogen and oxygen atoms in total. The van der Waals surface area contributed by atoms with Crippen LogP contribution in [0.3, 0.4) is 0 Å². The van der Waals surface area contributed by atoms with Gasteiger partial charge in [-0.3, -0.25) is 0 Å². The third-order valence-corrected chi connectivity index (χ3v) is 2.05. The van der Waals surface area contributed by atoms with Crippen molar-refractivity contribution in [2.24, 2.45) is 0 Å². The van der Waals surface area contributed by atoms with Gasteiger partial charge in [-0.25, -0.2) is 0 Å². The Morgan fingerprint density at radius 1 is 0.786 bits per heavy atom. The summed E-state index contributed by atoms with van der Waals surface area (Å²) in [4.78, 5) is 0. The minimum atomic E-state index is 0.957. The van der Waals surface area contributed by atoms with Gasteiger partial charge in [0.25, 0.3) is 0 Å². The summed E-state index contributed by atoms with van der Waals surface area (Å²) in [5.74, 6) is 11.8. The first-order valence-corrected chi connectivity index (χ1v) is 4.68. The Balaban J connectivity index is 1.92. The maximum atomic E-state index is 3.03. The summed E-state index contributed by atoms with van der Waals surface area (Å²) in [5, 5.41) is 0. The molecule has 0 aromatic heterocycles. The summed E-state index contributed by atoms with van der Waals surface area (Å²) in [6, 6.07) is 0. The van der Waals surface area contributed by atoms with Gasteiger partial charge in [-0.2, -0.15) is 0 Å². The topological polar surface area (TPSA) is 0 Å². The molecule has 0 heterocycles.